The minimum absolute atomic E-state index is 0.677. The lowest BCUT2D eigenvalue weighted by Crippen LogP contribution is -2.36. The van der Waals surface area contributed by atoms with Gasteiger partial charge in [0.25, 0.3) is 0 Å². The van der Waals surface area contributed by atoms with E-state index in [2.05, 4.69) is 40.8 Å². The van der Waals surface area contributed by atoms with Crippen molar-refractivity contribution in [2.24, 2.45) is 4.99 Å². The van der Waals surface area contributed by atoms with E-state index in [0.29, 0.717) is 12.1 Å². The van der Waals surface area contributed by atoms with E-state index in [1.807, 2.05) is 35.6 Å². The summed E-state index contributed by atoms with van der Waals surface area (Å²) in [5, 5.41) is 15.4. The monoisotopic (exact) mass is 312 g/mol. The second-order valence-electron chi connectivity index (χ2n) is 4.81. The number of hydrogen-bond acceptors (Lipinski definition) is 3. The number of aliphatic imine (C=N–C) groups is 1. The van der Waals surface area contributed by atoms with Crippen LogP contribution in [0.25, 0.3) is 0 Å². The number of nitrogens with zero attached hydrogens (tertiary/aromatic N) is 2. The Morgan fingerprint density at radius 1 is 1.09 bits per heavy atom. The molecule has 4 nitrogen and oxygen atoms in total. The van der Waals surface area contributed by atoms with Crippen molar-refractivity contribution < 1.29 is 0 Å². The highest BCUT2D eigenvalue weighted by atomic mass is 32.1. The molecule has 114 valence electrons. The summed E-state index contributed by atoms with van der Waals surface area (Å²) in [5.41, 5.74) is 1.79. The molecule has 1 heterocycles. The Morgan fingerprint density at radius 2 is 1.77 bits per heavy atom. The van der Waals surface area contributed by atoms with Crippen LogP contribution < -0.4 is 10.6 Å². The Balaban J connectivity index is 1.83. The van der Waals surface area contributed by atoms with E-state index >= 15 is 0 Å². The van der Waals surface area contributed by atoms with Crippen LogP contribution in [0.1, 0.15) is 27.8 Å². The van der Waals surface area contributed by atoms with Crippen LogP contribution in [0, 0.1) is 11.3 Å². The van der Waals surface area contributed by atoms with Crippen molar-refractivity contribution in [1.29, 1.82) is 5.26 Å². The molecule has 0 saturated carbocycles. The zero-order valence-electron chi connectivity index (χ0n) is 12.9. The summed E-state index contributed by atoms with van der Waals surface area (Å²) in [6, 6.07) is 14.0. The molecule has 0 spiro atoms. The van der Waals surface area contributed by atoms with Gasteiger partial charge in [0.1, 0.15) is 0 Å². The Kier molecular flexibility index (Phi) is 5.99. The molecule has 0 saturated heterocycles. The lowest BCUT2D eigenvalue weighted by atomic mass is 10.1. The SMILES string of the molecule is CCc1ccc(CNC(=NC)NCc2ccc(C#N)cc2)s1. The highest BCUT2D eigenvalue weighted by Gasteiger charge is 2.02. The van der Waals surface area contributed by atoms with Crippen molar-refractivity contribution in [2.75, 3.05) is 7.05 Å². The summed E-state index contributed by atoms with van der Waals surface area (Å²) in [6.07, 6.45) is 1.08. The van der Waals surface area contributed by atoms with Crippen LogP contribution in [-0.2, 0) is 19.5 Å². The van der Waals surface area contributed by atoms with Crippen molar-refractivity contribution >= 4 is 17.3 Å². The molecular formula is C17H20N4S. The fourth-order valence-corrected chi connectivity index (χ4v) is 2.88. The van der Waals surface area contributed by atoms with Gasteiger partial charge >= 0.3 is 0 Å². The first-order valence-electron chi connectivity index (χ1n) is 7.26. The Labute approximate surface area is 135 Å². The van der Waals surface area contributed by atoms with Gasteiger partial charge in [-0.25, -0.2) is 0 Å². The molecule has 0 fully saturated rings. The van der Waals surface area contributed by atoms with Crippen LogP contribution in [0.15, 0.2) is 41.4 Å². The van der Waals surface area contributed by atoms with E-state index in [-0.39, 0.29) is 0 Å². The first-order chi connectivity index (χ1) is 10.7. The zero-order chi connectivity index (χ0) is 15.8. The number of thiophene rings is 1. The maximum Gasteiger partial charge on any atom is 0.191 e. The van der Waals surface area contributed by atoms with Crippen LogP contribution in [0.3, 0.4) is 0 Å². The van der Waals surface area contributed by atoms with Gasteiger partial charge in [0, 0.05) is 23.3 Å². The van der Waals surface area contributed by atoms with Crippen molar-refractivity contribution in [1.82, 2.24) is 10.6 Å². The fourth-order valence-electron chi connectivity index (χ4n) is 1.98. The summed E-state index contributed by atoms with van der Waals surface area (Å²) in [4.78, 5) is 6.93. The van der Waals surface area contributed by atoms with Crippen LogP contribution >= 0.6 is 11.3 Å². The number of aryl methyl sites for hydroxylation is 1. The molecule has 0 bridgehead atoms. The highest BCUT2D eigenvalue weighted by Crippen LogP contribution is 2.16. The maximum atomic E-state index is 8.79. The van der Waals surface area contributed by atoms with Gasteiger partial charge in [-0.1, -0.05) is 19.1 Å². The van der Waals surface area contributed by atoms with Crippen LogP contribution in [0.2, 0.25) is 0 Å². The third-order valence-corrected chi connectivity index (χ3v) is 4.49. The van der Waals surface area contributed by atoms with Crippen molar-refractivity contribution in [2.45, 2.75) is 26.4 Å². The molecule has 1 aromatic heterocycles. The molecular weight excluding hydrogens is 292 g/mol. The van der Waals surface area contributed by atoms with Crippen molar-refractivity contribution in [3.05, 3.63) is 57.3 Å². The van der Waals surface area contributed by atoms with Gasteiger partial charge in [0.05, 0.1) is 18.2 Å². The van der Waals surface area contributed by atoms with Gasteiger partial charge in [-0.2, -0.15) is 5.26 Å². The third kappa shape index (κ3) is 4.61. The number of guanidine groups is 1. The molecule has 0 amide bonds. The van der Waals surface area contributed by atoms with Gasteiger partial charge < -0.3 is 10.6 Å². The van der Waals surface area contributed by atoms with Gasteiger partial charge in [-0.3, -0.25) is 4.99 Å². The maximum absolute atomic E-state index is 8.79. The molecule has 0 radical (unpaired) electrons. The smallest absolute Gasteiger partial charge is 0.191 e. The molecule has 2 aromatic rings. The topological polar surface area (TPSA) is 60.2 Å². The minimum Gasteiger partial charge on any atom is -0.352 e. The summed E-state index contributed by atoms with van der Waals surface area (Å²) < 4.78 is 0. The number of benzene rings is 1. The molecule has 5 heteroatoms. The third-order valence-electron chi connectivity index (χ3n) is 3.26. The van der Waals surface area contributed by atoms with E-state index < -0.39 is 0 Å². The summed E-state index contributed by atoms with van der Waals surface area (Å²) in [7, 11) is 1.76. The van der Waals surface area contributed by atoms with E-state index in [0.717, 1.165) is 24.5 Å². The lowest BCUT2D eigenvalue weighted by molar-refractivity contribution is 0.815. The standard InChI is InChI=1S/C17H20N4S/c1-3-15-8-9-16(22-15)12-21-17(19-2)20-11-14-6-4-13(10-18)5-7-14/h4-9H,3,11-12H2,1-2H3,(H2,19,20,21). The zero-order valence-corrected chi connectivity index (χ0v) is 13.7. The Bertz CT molecular complexity index is 665. The first-order valence-corrected chi connectivity index (χ1v) is 8.08. The average Bonchev–Trinajstić information content (AvgIpc) is 3.03. The van der Waals surface area contributed by atoms with Gasteiger partial charge in [0.2, 0.25) is 0 Å². The molecule has 0 aliphatic heterocycles. The fraction of sp³-hybridized carbons (Fsp3) is 0.294. The first kappa shape index (κ1) is 16.1. The Morgan fingerprint density at radius 3 is 2.36 bits per heavy atom. The van der Waals surface area contributed by atoms with Crippen molar-refractivity contribution in [3.63, 3.8) is 0 Å². The van der Waals surface area contributed by atoms with Gasteiger partial charge in [0.15, 0.2) is 5.96 Å². The van der Waals surface area contributed by atoms with E-state index in [4.69, 9.17) is 5.26 Å². The quantitative estimate of drug-likeness (QED) is 0.659. The lowest BCUT2D eigenvalue weighted by Gasteiger charge is -2.11. The number of nitrogens with one attached hydrogen (secondary N) is 2. The summed E-state index contributed by atoms with van der Waals surface area (Å²) in [5.74, 6) is 0.774. The predicted octanol–water partition coefficient (Wildman–Crippen LogP) is 3.05. The van der Waals surface area contributed by atoms with Gasteiger partial charge in [-0.05, 0) is 36.2 Å². The summed E-state index contributed by atoms with van der Waals surface area (Å²) in [6.45, 7) is 3.62. The molecule has 2 rings (SSSR count). The van der Waals surface area contributed by atoms with Crippen LogP contribution in [0.4, 0.5) is 0 Å². The number of hydrogen-bond donors (Lipinski definition) is 2. The normalized spacial score (nSPS) is 11.0. The molecule has 0 unspecified atom stereocenters. The van der Waals surface area contributed by atoms with Gasteiger partial charge in [-0.15, -0.1) is 11.3 Å². The van der Waals surface area contributed by atoms with E-state index in [9.17, 15) is 0 Å². The predicted molar refractivity (Wildman–Crippen MR) is 91.9 cm³/mol. The summed E-state index contributed by atoms with van der Waals surface area (Å²) >= 11 is 1.83. The number of rotatable bonds is 5. The molecule has 0 aliphatic carbocycles. The Hall–Kier alpha value is -2.32. The molecule has 2 N–H and O–H groups in total. The molecule has 22 heavy (non-hydrogen) atoms. The van der Waals surface area contributed by atoms with E-state index in [1.54, 1.807) is 7.05 Å². The highest BCUT2D eigenvalue weighted by molar-refractivity contribution is 7.11. The minimum atomic E-state index is 0.677. The van der Waals surface area contributed by atoms with Crippen LogP contribution in [-0.4, -0.2) is 13.0 Å². The van der Waals surface area contributed by atoms with Crippen LogP contribution in [0.5, 0.6) is 0 Å². The second kappa shape index (κ2) is 8.20. The second-order valence-corrected chi connectivity index (χ2v) is 6.06. The average molecular weight is 312 g/mol. The molecule has 1 aromatic carbocycles. The van der Waals surface area contributed by atoms with Crippen molar-refractivity contribution in [3.8, 4) is 6.07 Å². The van der Waals surface area contributed by atoms with E-state index in [1.165, 1.54) is 9.75 Å². The molecule has 0 atom stereocenters. The largest absolute Gasteiger partial charge is 0.352 e. The molecule has 0 aliphatic rings. The number of nitriles is 1.